The molecule has 3 aromatic rings. The van der Waals surface area contributed by atoms with Crippen LogP contribution >= 0.6 is 11.3 Å². The number of carboxylic acids is 1. The number of rotatable bonds is 6. The van der Waals surface area contributed by atoms with Crippen molar-refractivity contribution in [3.63, 3.8) is 0 Å². The van der Waals surface area contributed by atoms with Crippen LogP contribution in [0.5, 0.6) is 5.75 Å². The Hall–Kier alpha value is -2.71. The number of carboxylic acid groups (broad SMARTS) is 1. The molecule has 0 spiro atoms. The molecule has 0 amide bonds. The highest BCUT2D eigenvalue weighted by molar-refractivity contribution is 7.17. The molecule has 0 bridgehead atoms. The number of thiophene rings is 1. The normalized spacial score (nSPS) is 12.1. The van der Waals surface area contributed by atoms with Crippen molar-refractivity contribution in [2.45, 2.75) is 13.0 Å². The van der Waals surface area contributed by atoms with Gasteiger partial charge in [-0.25, -0.2) is 14.8 Å². The molecular weight excluding hydrogens is 342 g/mol. The Labute approximate surface area is 147 Å². The summed E-state index contributed by atoms with van der Waals surface area (Å²) in [5.74, 6) is 0.532. The first-order chi connectivity index (χ1) is 12.0. The van der Waals surface area contributed by atoms with Crippen LogP contribution in [0.3, 0.4) is 0 Å². The highest BCUT2D eigenvalue weighted by Gasteiger charge is 2.21. The Kier molecular flexibility index (Phi) is 4.82. The molecule has 3 N–H and O–H groups in total. The fourth-order valence-electron chi connectivity index (χ4n) is 2.49. The zero-order valence-electron chi connectivity index (χ0n) is 13.7. The van der Waals surface area contributed by atoms with E-state index < -0.39 is 18.6 Å². The standard InChI is InChI=1S/C17H17N3O4S/c1-9-18-15(20-13(7-21)17(22)23)14-12(8-25-16(14)19-9)10-3-5-11(24-2)6-4-10/h3-6,8,13,21H,7H2,1-2H3,(H,22,23)(H,18,19,20). The molecule has 2 aromatic heterocycles. The Balaban J connectivity index is 2.12. The number of nitrogens with zero attached hydrogens (tertiary/aromatic N) is 2. The number of aliphatic hydroxyl groups is 1. The second kappa shape index (κ2) is 7.04. The van der Waals surface area contributed by atoms with Crippen molar-refractivity contribution >= 4 is 33.3 Å². The lowest BCUT2D eigenvalue weighted by molar-refractivity contribution is -0.138. The quantitative estimate of drug-likeness (QED) is 0.621. The summed E-state index contributed by atoms with van der Waals surface area (Å²) in [6, 6.07) is 6.42. The monoisotopic (exact) mass is 359 g/mol. The van der Waals surface area contributed by atoms with E-state index >= 15 is 0 Å². The van der Waals surface area contributed by atoms with Gasteiger partial charge in [-0.2, -0.15) is 0 Å². The van der Waals surface area contributed by atoms with Gasteiger partial charge in [0.1, 0.15) is 28.3 Å². The van der Waals surface area contributed by atoms with Crippen LogP contribution in [0, 0.1) is 6.92 Å². The van der Waals surface area contributed by atoms with Gasteiger partial charge in [-0.05, 0) is 24.6 Å². The minimum Gasteiger partial charge on any atom is -0.497 e. The summed E-state index contributed by atoms with van der Waals surface area (Å²) < 4.78 is 5.18. The first kappa shape index (κ1) is 17.1. The number of benzene rings is 1. The molecule has 1 aromatic carbocycles. The first-order valence-electron chi connectivity index (χ1n) is 7.54. The predicted octanol–water partition coefficient (Wildman–Crippen LogP) is 2.53. The van der Waals surface area contributed by atoms with E-state index in [4.69, 9.17) is 4.74 Å². The lowest BCUT2D eigenvalue weighted by Gasteiger charge is -2.14. The lowest BCUT2D eigenvalue weighted by atomic mass is 10.1. The Bertz CT molecular complexity index is 908. The van der Waals surface area contributed by atoms with Gasteiger partial charge < -0.3 is 20.3 Å². The van der Waals surface area contributed by atoms with Gasteiger partial charge in [-0.3, -0.25) is 0 Å². The number of ether oxygens (including phenoxy) is 1. The molecule has 2 heterocycles. The van der Waals surface area contributed by atoms with Gasteiger partial charge in [0.05, 0.1) is 19.1 Å². The maximum Gasteiger partial charge on any atom is 0.328 e. The SMILES string of the molecule is COc1ccc(-c2csc3nc(C)nc(NC(CO)C(=O)O)c23)cc1. The number of carbonyl (C=O) groups is 1. The summed E-state index contributed by atoms with van der Waals surface area (Å²) in [6.45, 7) is 1.20. The number of anilines is 1. The van der Waals surface area contributed by atoms with Crippen LogP contribution in [0.4, 0.5) is 5.82 Å². The minimum absolute atomic E-state index is 0.399. The first-order valence-corrected chi connectivity index (χ1v) is 8.42. The lowest BCUT2D eigenvalue weighted by Crippen LogP contribution is -2.33. The van der Waals surface area contributed by atoms with Gasteiger partial charge >= 0.3 is 5.97 Å². The molecule has 7 nitrogen and oxygen atoms in total. The van der Waals surface area contributed by atoms with E-state index in [1.807, 2.05) is 29.6 Å². The number of fused-ring (bicyclic) bond motifs is 1. The second-order valence-corrected chi connectivity index (χ2v) is 6.25. The maximum atomic E-state index is 11.2. The smallest absolute Gasteiger partial charge is 0.328 e. The van der Waals surface area contributed by atoms with Gasteiger partial charge in [0.15, 0.2) is 0 Å². The van der Waals surface area contributed by atoms with Gasteiger partial charge in [-0.1, -0.05) is 12.1 Å². The van der Waals surface area contributed by atoms with Crippen LogP contribution in [-0.4, -0.2) is 45.9 Å². The molecule has 0 aliphatic carbocycles. The Morgan fingerprint density at radius 3 is 2.64 bits per heavy atom. The maximum absolute atomic E-state index is 11.2. The van der Waals surface area contributed by atoms with Crippen LogP contribution in [0.25, 0.3) is 21.3 Å². The van der Waals surface area contributed by atoms with Crippen molar-refractivity contribution in [1.82, 2.24) is 9.97 Å². The number of hydrogen-bond acceptors (Lipinski definition) is 7. The molecule has 1 unspecified atom stereocenters. The molecule has 1 atom stereocenters. The number of aliphatic carboxylic acids is 1. The summed E-state index contributed by atoms with van der Waals surface area (Å²) in [5.41, 5.74) is 1.84. The Morgan fingerprint density at radius 1 is 1.32 bits per heavy atom. The molecular formula is C17H17N3O4S. The average molecular weight is 359 g/mol. The van der Waals surface area contributed by atoms with Crippen LogP contribution in [0.15, 0.2) is 29.6 Å². The minimum atomic E-state index is -1.15. The topological polar surface area (TPSA) is 105 Å². The van der Waals surface area contributed by atoms with Gasteiger partial charge in [0.25, 0.3) is 0 Å². The molecule has 0 saturated heterocycles. The molecule has 8 heteroatoms. The summed E-state index contributed by atoms with van der Waals surface area (Å²) in [5, 5.41) is 24.0. The van der Waals surface area contributed by atoms with Crippen molar-refractivity contribution in [2.24, 2.45) is 0 Å². The molecule has 0 aliphatic heterocycles. The zero-order valence-corrected chi connectivity index (χ0v) is 14.5. The van der Waals surface area contributed by atoms with Crippen LogP contribution in [0.1, 0.15) is 5.82 Å². The molecule has 3 rings (SSSR count). The van der Waals surface area contributed by atoms with Crippen LogP contribution in [-0.2, 0) is 4.79 Å². The molecule has 130 valence electrons. The van der Waals surface area contributed by atoms with Crippen molar-refractivity contribution in [3.05, 3.63) is 35.5 Å². The van der Waals surface area contributed by atoms with E-state index in [9.17, 15) is 15.0 Å². The number of aryl methyl sites for hydroxylation is 1. The summed E-state index contributed by atoms with van der Waals surface area (Å²) in [6.07, 6.45) is 0. The van der Waals surface area contributed by atoms with Gasteiger partial charge in [0.2, 0.25) is 0 Å². The molecule has 0 aliphatic rings. The summed E-state index contributed by atoms with van der Waals surface area (Å²) in [7, 11) is 1.61. The summed E-state index contributed by atoms with van der Waals surface area (Å²) >= 11 is 1.46. The van der Waals surface area contributed by atoms with E-state index in [0.29, 0.717) is 11.6 Å². The van der Waals surface area contributed by atoms with Gasteiger partial charge in [0, 0.05) is 10.9 Å². The van der Waals surface area contributed by atoms with Crippen molar-refractivity contribution in [2.75, 3.05) is 19.0 Å². The number of methoxy groups -OCH3 is 1. The van der Waals surface area contributed by atoms with Crippen molar-refractivity contribution in [3.8, 4) is 16.9 Å². The highest BCUT2D eigenvalue weighted by Crippen LogP contribution is 2.37. The third kappa shape index (κ3) is 3.40. The van der Waals surface area contributed by atoms with E-state index in [0.717, 1.165) is 27.1 Å². The number of aromatic nitrogens is 2. The molecule has 0 radical (unpaired) electrons. The average Bonchev–Trinajstić information content (AvgIpc) is 3.03. The third-order valence-electron chi connectivity index (χ3n) is 3.74. The van der Waals surface area contributed by atoms with E-state index in [2.05, 4.69) is 15.3 Å². The number of hydrogen-bond donors (Lipinski definition) is 3. The third-order valence-corrected chi connectivity index (χ3v) is 4.61. The highest BCUT2D eigenvalue weighted by atomic mass is 32.1. The van der Waals surface area contributed by atoms with Crippen LogP contribution in [0.2, 0.25) is 0 Å². The van der Waals surface area contributed by atoms with Crippen LogP contribution < -0.4 is 10.1 Å². The second-order valence-electron chi connectivity index (χ2n) is 5.40. The molecule has 25 heavy (non-hydrogen) atoms. The number of nitrogens with one attached hydrogen (secondary N) is 1. The van der Waals surface area contributed by atoms with E-state index in [1.165, 1.54) is 11.3 Å². The van der Waals surface area contributed by atoms with Crippen molar-refractivity contribution in [1.29, 1.82) is 0 Å². The van der Waals surface area contributed by atoms with E-state index in [-0.39, 0.29) is 0 Å². The predicted molar refractivity (Wildman–Crippen MR) is 96.3 cm³/mol. The molecule has 0 fully saturated rings. The largest absolute Gasteiger partial charge is 0.497 e. The summed E-state index contributed by atoms with van der Waals surface area (Å²) in [4.78, 5) is 20.8. The Morgan fingerprint density at radius 2 is 2.04 bits per heavy atom. The van der Waals surface area contributed by atoms with E-state index in [1.54, 1.807) is 14.0 Å². The van der Waals surface area contributed by atoms with Gasteiger partial charge in [-0.15, -0.1) is 11.3 Å². The fraction of sp³-hybridized carbons (Fsp3) is 0.235. The fourth-order valence-corrected chi connectivity index (χ4v) is 3.48. The van der Waals surface area contributed by atoms with Crippen molar-refractivity contribution < 1.29 is 19.7 Å². The zero-order chi connectivity index (χ0) is 18.0. The molecule has 0 saturated carbocycles. The number of aliphatic hydroxyl groups excluding tert-OH is 1.